The minimum Gasteiger partial charge on any atom is -0.479 e. The zero-order valence-electron chi connectivity index (χ0n) is 16.6. The quantitative estimate of drug-likeness (QED) is 0.657. The number of carbonyl (C=O) groups is 1. The Bertz CT molecular complexity index is 1030. The fourth-order valence-electron chi connectivity index (χ4n) is 4.01. The van der Waals surface area contributed by atoms with Crippen LogP contribution in [0.2, 0.25) is 0 Å². The zero-order valence-corrected chi connectivity index (χ0v) is 17.4. The molecule has 7 heteroatoms. The summed E-state index contributed by atoms with van der Waals surface area (Å²) >= 11 is 1.74. The van der Waals surface area contributed by atoms with Gasteiger partial charge in [-0.1, -0.05) is 0 Å². The summed E-state index contributed by atoms with van der Waals surface area (Å²) in [7, 11) is 0. The Labute approximate surface area is 168 Å². The normalized spacial score (nSPS) is 15.6. The van der Waals surface area contributed by atoms with E-state index in [1.807, 2.05) is 33.9 Å². The van der Waals surface area contributed by atoms with E-state index in [2.05, 4.69) is 10.2 Å². The van der Waals surface area contributed by atoms with Crippen LogP contribution >= 0.6 is 11.3 Å². The zero-order chi connectivity index (χ0) is 20.1. The van der Waals surface area contributed by atoms with E-state index in [1.54, 1.807) is 17.5 Å². The van der Waals surface area contributed by atoms with Gasteiger partial charge in [0.05, 0.1) is 11.8 Å². The van der Waals surface area contributed by atoms with Crippen molar-refractivity contribution in [3.63, 3.8) is 0 Å². The summed E-state index contributed by atoms with van der Waals surface area (Å²) in [5.74, 6) is -1.01. The molecule has 0 bridgehead atoms. The number of aryl methyl sites for hydroxylation is 3. The molecule has 0 unspecified atom stereocenters. The van der Waals surface area contributed by atoms with Gasteiger partial charge in [0.1, 0.15) is 4.83 Å². The molecule has 1 atom stereocenters. The fraction of sp³-hybridized carbons (Fsp3) is 0.476. The standard InChI is InChI=1S/C21H25N3O3S/c1-11-15(18(20(25)26)27-21(2,3)4)16(12-9-22-23-10-12)17-13-7-5-6-8-14(13)28-19(17)24-11/h9-10,18H,5-8H2,1-4H3,(H,22,23)(H,25,26)/t18-/m0/s1. The monoisotopic (exact) mass is 399 g/mol. The van der Waals surface area contributed by atoms with Crippen LogP contribution in [0.3, 0.4) is 0 Å². The Morgan fingerprint density at radius 3 is 2.71 bits per heavy atom. The molecule has 0 saturated carbocycles. The van der Waals surface area contributed by atoms with Gasteiger partial charge >= 0.3 is 5.97 Å². The lowest BCUT2D eigenvalue weighted by molar-refractivity contribution is -0.160. The molecule has 148 valence electrons. The first kappa shape index (κ1) is 19.1. The number of aromatic amines is 1. The van der Waals surface area contributed by atoms with Gasteiger partial charge in [0, 0.05) is 38.8 Å². The van der Waals surface area contributed by atoms with Crippen molar-refractivity contribution in [2.45, 2.75) is 65.1 Å². The molecule has 0 aliphatic heterocycles. The maximum Gasteiger partial charge on any atom is 0.337 e. The van der Waals surface area contributed by atoms with E-state index < -0.39 is 17.7 Å². The van der Waals surface area contributed by atoms with Crippen LogP contribution < -0.4 is 0 Å². The highest BCUT2D eigenvalue weighted by atomic mass is 32.1. The lowest BCUT2D eigenvalue weighted by Gasteiger charge is -2.27. The van der Waals surface area contributed by atoms with E-state index in [1.165, 1.54) is 16.9 Å². The number of pyridine rings is 1. The summed E-state index contributed by atoms with van der Waals surface area (Å²) in [4.78, 5) is 19.4. The molecule has 1 aliphatic rings. The summed E-state index contributed by atoms with van der Waals surface area (Å²) in [6.45, 7) is 7.48. The number of carboxylic acids is 1. The molecule has 0 fully saturated rings. The highest BCUT2D eigenvalue weighted by Gasteiger charge is 2.34. The lowest BCUT2D eigenvalue weighted by atomic mass is 9.89. The second kappa shape index (κ2) is 6.97. The first-order valence-electron chi connectivity index (χ1n) is 9.61. The molecule has 0 spiro atoms. The number of rotatable bonds is 4. The molecular weight excluding hydrogens is 374 g/mol. The topological polar surface area (TPSA) is 88.1 Å². The Morgan fingerprint density at radius 1 is 1.32 bits per heavy atom. The highest BCUT2D eigenvalue weighted by Crippen LogP contribution is 2.45. The number of nitrogens with zero attached hydrogens (tertiary/aromatic N) is 2. The third kappa shape index (κ3) is 3.33. The van der Waals surface area contributed by atoms with E-state index in [-0.39, 0.29) is 0 Å². The van der Waals surface area contributed by atoms with E-state index in [9.17, 15) is 9.90 Å². The number of H-pyrrole nitrogens is 1. The molecule has 28 heavy (non-hydrogen) atoms. The van der Waals surface area contributed by atoms with E-state index in [0.29, 0.717) is 11.3 Å². The summed E-state index contributed by atoms with van der Waals surface area (Å²) in [6, 6.07) is 0. The van der Waals surface area contributed by atoms with Crippen molar-refractivity contribution in [2.24, 2.45) is 0 Å². The largest absolute Gasteiger partial charge is 0.479 e. The van der Waals surface area contributed by atoms with Crippen LogP contribution in [-0.2, 0) is 22.4 Å². The predicted molar refractivity (Wildman–Crippen MR) is 110 cm³/mol. The Morgan fingerprint density at radius 2 is 2.07 bits per heavy atom. The number of ether oxygens (including phenoxy) is 1. The summed E-state index contributed by atoms with van der Waals surface area (Å²) in [5.41, 5.74) is 3.80. The first-order chi connectivity index (χ1) is 13.3. The fourth-order valence-corrected chi connectivity index (χ4v) is 5.33. The molecular formula is C21H25N3O3S. The second-order valence-corrected chi connectivity index (χ2v) is 9.40. The molecule has 0 saturated heterocycles. The number of hydrogen-bond donors (Lipinski definition) is 2. The van der Waals surface area contributed by atoms with Crippen LogP contribution in [0.5, 0.6) is 0 Å². The van der Waals surface area contributed by atoms with Gasteiger partial charge in [0.2, 0.25) is 0 Å². The van der Waals surface area contributed by atoms with Crippen molar-refractivity contribution in [1.82, 2.24) is 15.2 Å². The van der Waals surface area contributed by atoms with Crippen LogP contribution in [0.25, 0.3) is 21.3 Å². The van der Waals surface area contributed by atoms with Gasteiger partial charge in [-0.3, -0.25) is 5.10 Å². The molecule has 3 aromatic rings. The van der Waals surface area contributed by atoms with Crippen molar-refractivity contribution in [2.75, 3.05) is 0 Å². The van der Waals surface area contributed by atoms with Gasteiger partial charge in [-0.25, -0.2) is 9.78 Å². The summed E-state index contributed by atoms with van der Waals surface area (Å²) in [5, 5.41) is 18.1. The van der Waals surface area contributed by atoms with Gasteiger partial charge < -0.3 is 9.84 Å². The number of fused-ring (bicyclic) bond motifs is 3. The van der Waals surface area contributed by atoms with E-state index in [4.69, 9.17) is 9.72 Å². The van der Waals surface area contributed by atoms with Crippen LogP contribution in [0, 0.1) is 6.92 Å². The first-order valence-corrected chi connectivity index (χ1v) is 10.4. The van der Waals surface area contributed by atoms with Gasteiger partial charge in [-0.15, -0.1) is 11.3 Å². The van der Waals surface area contributed by atoms with Gasteiger partial charge in [0.15, 0.2) is 6.10 Å². The van der Waals surface area contributed by atoms with Crippen LogP contribution in [0.15, 0.2) is 12.4 Å². The third-order valence-electron chi connectivity index (χ3n) is 5.08. The summed E-state index contributed by atoms with van der Waals surface area (Å²) < 4.78 is 6.01. The predicted octanol–water partition coefficient (Wildman–Crippen LogP) is 4.81. The van der Waals surface area contributed by atoms with Crippen molar-refractivity contribution >= 4 is 27.5 Å². The van der Waals surface area contributed by atoms with Crippen molar-refractivity contribution < 1.29 is 14.6 Å². The maximum absolute atomic E-state index is 12.2. The molecule has 0 aromatic carbocycles. The average Bonchev–Trinajstić information content (AvgIpc) is 3.25. The highest BCUT2D eigenvalue weighted by molar-refractivity contribution is 7.19. The molecule has 4 rings (SSSR count). The van der Waals surface area contributed by atoms with Gasteiger partial charge in [0.25, 0.3) is 0 Å². The molecule has 3 aromatic heterocycles. The van der Waals surface area contributed by atoms with Crippen molar-refractivity contribution in [3.05, 3.63) is 34.1 Å². The molecule has 1 aliphatic carbocycles. The molecule has 3 heterocycles. The van der Waals surface area contributed by atoms with Crippen molar-refractivity contribution in [1.29, 1.82) is 0 Å². The molecule has 0 amide bonds. The number of aliphatic carboxylic acids is 1. The third-order valence-corrected chi connectivity index (χ3v) is 6.26. The molecule has 6 nitrogen and oxygen atoms in total. The SMILES string of the molecule is Cc1nc2sc3c(c2c(-c2cn[nH]c2)c1[C@H](OC(C)(C)C)C(=O)O)CCCC3. The number of nitrogens with one attached hydrogen (secondary N) is 1. The minimum atomic E-state index is -1.10. The number of thiophene rings is 1. The van der Waals surface area contributed by atoms with E-state index in [0.717, 1.165) is 40.6 Å². The minimum absolute atomic E-state index is 0.605. The van der Waals surface area contributed by atoms with E-state index >= 15 is 0 Å². The Kier molecular flexibility index (Phi) is 4.75. The number of hydrogen-bond acceptors (Lipinski definition) is 5. The summed E-state index contributed by atoms with van der Waals surface area (Å²) in [6.07, 6.45) is 6.88. The van der Waals surface area contributed by atoms with Gasteiger partial charge in [-0.2, -0.15) is 5.10 Å². The Balaban J connectivity index is 2.06. The maximum atomic E-state index is 12.2. The average molecular weight is 400 g/mol. The second-order valence-electron chi connectivity index (χ2n) is 8.31. The Hall–Kier alpha value is -2.25. The molecule has 0 radical (unpaired) electrons. The number of aromatic nitrogens is 3. The van der Waals surface area contributed by atoms with Gasteiger partial charge in [-0.05, 0) is 58.9 Å². The smallest absolute Gasteiger partial charge is 0.337 e. The number of carboxylic acid groups (broad SMARTS) is 1. The molecule has 2 N–H and O–H groups in total. The van der Waals surface area contributed by atoms with Crippen molar-refractivity contribution in [3.8, 4) is 11.1 Å². The van der Waals surface area contributed by atoms with Crippen LogP contribution in [-0.4, -0.2) is 31.9 Å². The van der Waals surface area contributed by atoms with Crippen LogP contribution in [0.1, 0.15) is 61.4 Å². The van der Waals surface area contributed by atoms with Crippen LogP contribution in [0.4, 0.5) is 0 Å². The lowest BCUT2D eigenvalue weighted by Crippen LogP contribution is -2.28.